The molecule has 24 heavy (non-hydrogen) atoms. The first kappa shape index (κ1) is 15.1. The van der Waals surface area contributed by atoms with E-state index in [1.165, 1.54) is 30.4 Å². The summed E-state index contributed by atoms with van der Waals surface area (Å²) in [6, 6.07) is 15.4. The average molecular weight is 318 g/mol. The van der Waals surface area contributed by atoms with E-state index in [-0.39, 0.29) is 0 Å². The summed E-state index contributed by atoms with van der Waals surface area (Å²) >= 11 is 0. The Kier molecular flexibility index (Phi) is 4.38. The molecule has 4 nitrogen and oxygen atoms in total. The van der Waals surface area contributed by atoms with Gasteiger partial charge in [0, 0.05) is 31.2 Å². The third-order valence-corrected chi connectivity index (χ3v) is 4.60. The number of nitrogens with zero attached hydrogens (tertiary/aromatic N) is 3. The van der Waals surface area contributed by atoms with E-state index >= 15 is 0 Å². The minimum atomic E-state index is 0.423. The van der Waals surface area contributed by atoms with Gasteiger partial charge < -0.3 is 5.32 Å². The summed E-state index contributed by atoms with van der Waals surface area (Å²) in [7, 11) is 0. The molecular weight excluding hydrogens is 296 g/mol. The molecule has 0 saturated heterocycles. The second-order valence-electron chi connectivity index (χ2n) is 6.52. The van der Waals surface area contributed by atoms with E-state index in [1.54, 1.807) is 12.5 Å². The SMILES string of the molecule is c1ccc([C@@H](CC2CC2)NCc2ccc(-n3ccnc3)nc2)cc1. The standard InChI is InChI=1S/C20H22N4/c1-2-4-18(5-3-1)19(12-16-6-7-16)22-13-17-8-9-20(23-14-17)24-11-10-21-15-24/h1-5,8-11,14-16,19,22H,6-7,12-13H2/t19-/m1/s1. The van der Waals surface area contributed by atoms with Crippen LogP contribution in [0.3, 0.4) is 0 Å². The molecule has 3 aromatic rings. The quantitative estimate of drug-likeness (QED) is 0.718. The van der Waals surface area contributed by atoms with Gasteiger partial charge in [0.1, 0.15) is 12.1 Å². The van der Waals surface area contributed by atoms with E-state index in [2.05, 4.69) is 51.7 Å². The second-order valence-corrected chi connectivity index (χ2v) is 6.52. The van der Waals surface area contributed by atoms with Crippen molar-refractivity contribution in [3.8, 4) is 5.82 Å². The van der Waals surface area contributed by atoms with Crippen molar-refractivity contribution in [1.29, 1.82) is 0 Å². The lowest BCUT2D eigenvalue weighted by atomic mass is 10.0. The lowest BCUT2D eigenvalue weighted by Crippen LogP contribution is -2.21. The van der Waals surface area contributed by atoms with Crippen LogP contribution in [0.1, 0.15) is 36.4 Å². The van der Waals surface area contributed by atoms with Gasteiger partial charge in [0.15, 0.2) is 0 Å². The molecule has 2 aromatic heterocycles. The fraction of sp³-hybridized carbons (Fsp3) is 0.300. The smallest absolute Gasteiger partial charge is 0.137 e. The Morgan fingerprint density at radius 2 is 2.00 bits per heavy atom. The van der Waals surface area contributed by atoms with Gasteiger partial charge in [-0.05, 0) is 29.5 Å². The first-order valence-electron chi connectivity index (χ1n) is 8.60. The maximum Gasteiger partial charge on any atom is 0.137 e. The van der Waals surface area contributed by atoms with Crippen LogP contribution in [0.25, 0.3) is 5.82 Å². The van der Waals surface area contributed by atoms with Crippen molar-refractivity contribution in [2.75, 3.05) is 0 Å². The maximum atomic E-state index is 4.53. The molecule has 0 amide bonds. The molecule has 0 spiro atoms. The zero-order valence-electron chi connectivity index (χ0n) is 13.7. The molecule has 0 radical (unpaired) electrons. The summed E-state index contributed by atoms with van der Waals surface area (Å²) in [5, 5.41) is 3.72. The first-order valence-corrected chi connectivity index (χ1v) is 8.60. The molecule has 1 N–H and O–H groups in total. The van der Waals surface area contributed by atoms with Crippen molar-refractivity contribution in [3.05, 3.63) is 78.5 Å². The fourth-order valence-corrected chi connectivity index (χ4v) is 3.02. The molecule has 1 aliphatic carbocycles. The van der Waals surface area contributed by atoms with Crippen LogP contribution in [-0.2, 0) is 6.54 Å². The normalized spacial score (nSPS) is 15.3. The predicted molar refractivity (Wildman–Crippen MR) is 94.7 cm³/mol. The predicted octanol–water partition coefficient (Wildman–Crippen LogP) is 3.90. The largest absolute Gasteiger partial charge is 0.306 e. The van der Waals surface area contributed by atoms with Gasteiger partial charge in [0.25, 0.3) is 0 Å². The Morgan fingerprint density at radius 1 is 1.12 bits per heavy atom. The number of aromatic nitrogens is 3. The van der Waals surface area contributed by atoms with E-state index in [1.807, 2.05) is 23.0 Å². The number of benzene rings is 1. The van der Waals surface area contributed by atoms with Crippen molar-refractivity contribution in [3.63, 3.8) is 0 Å². The molecule has 2 heterocycles. The van der Waals surface area contributed by atoms with Crippen LogP contribution < -0.4 is 5.32 Å². The van der Waals surface area contributed by atoms with Crippen molar-refractivity contribution in [2.24, 2.45) is 5.92 Å². The van der Waals surface area contributed by atoms with Crippen LogP contribution >= 0.6 is 0 Å². The molecule has 4 heteroatoms. The van der Waals surface area contributed by atoms with Crippen LogP contribution in [0.5, 0.6) is 0 Å². The van der Waals surface area contributed by atoms with E-state index < -0.39 is 0 Å². The molecule has 4 rings (SSSR count). The molecule has 1 atom stereocenters. The Hall–Kier alpha value is -2.46. The molecule has 1 fully saturated rings. The van der Waals surface area contributed by atoms with Crippen molar-refractivity contribution in [2.45, 2.75) is 31.8 Å². The van der Waals surface area contributed by atoms with Crippen LogP contribution in [-0.4, -0.2) is 14.5 Å². The number of imidazole rings is 1. The minimum absolute atomic E-state index is 0.423. The summed E-state index contributed by atoms with van der Waals surface area (Å²) in [4.78, 5) is 8.59. The van der Waals surface area contributed by atoms with E-state index in [0.29, 0.717) is 6.04 Å². The zero-order chi connectivity index (χ0) is 16.2. The van der Waals surface area contributed by atoms with Gasteiger partial charge in [-0.2, -0.15) is 0 Å². The van der Waals surface area contributed by atoms with Gasteiger partial charge in [-0.3, -0.25) is 4.57 Å². The number of hydrogen-bond acceptors (Lipinski definition) is 3. The molecule has 0 bridgehead atoms. The van der Waals surface area contributed by atoms with Crippen LogP contribution in [0.4, 0.5) is 0 Å². The molecule has 122 valence electrons. The lowest BCUT2D eigenvalue weighted by molar-refractivity contribution is 0.472. The molecule has 0 aliphatic heterocycles. The van der Waals surface area contributed by atoms with Gasteiger partial charge in [-0.25, -0.2) is 9.97 Å². The maximum absolute atomic E-state index is 4.53. The summed E-state index contributed by atoms with van der Waals surface area (Å²) in [5.41, 5.74) is 2.59. The van der Waals surface area contributed by atoms with Gasteiger partial charge in [0.2, 0.25) is 0 Å². The van der Waals surface area contributed by atoms with Crippen LogP contribution in [0, 0.1) is 5.92 Å². The minimum Gasteiger partial charge on any atom is -0.306 e. The monoisotopic (exact) mass is 318 g/mol. The van der Waals surface area contributed by atoms with E-state index in [9.17, 15) is 0 Å². The zero-order valence-corrected chi connectivity index (χ0v) is 13.7. The van der Waals surface area contributed by atoms with Gasteiger partial charge >= 0.3 is 0 Å². The highest BCUT2D eigenvalue weighted by atomic mass is 15.1. The summed E-state index contributed by atoms with van der Waals surface area (Å²) in [6.45, 7) is 0.837. The highest BCUT2D eigenvalue weighted by molar-refractivity contribution is 5.26. The average Bonchev–Trinajstić information content (AvgIpc) is 3.29. The number of rotatable bonds is 7. The Labute approximate surface area is 142 Å². The van der Waals surface area contributed by atoms with E-state index in [4.69, 9.17) is 0 Å². The number of nitrogens with one attached hydrogen (secondary N) is 1. The number of hydrogen-bond donors (Lipinski definition) is 1. The molecule has 1 saturated carbocycles. The molecule has 1 aliphatic rings. The topological polar surface area (TPSA) is 42.7 Å². The molecular formula is C20H22N4. The van der Waals surface area contributed by atoms with Crippen molar-refractivity contribution < 1.29 is 0 Å². The van der Waals surface area contributed by atoms with Crippen LogP contribution in [0.2, 0.25) is 0 Å². The third kappa shape index (κ3) is 3.71. The molecule has 1 aromatic carbocycles. The van der Waals surface area contributed by atoms with E-state index in [0.717, 1.165) is 18.3 Å². The highest BCUT2D eigenvalue weighted by Gasteiger charge is 2.26. The second kappa shape index (κ2) is 6.97. The Morgan fingerprint density at radius 3 is 2.67 bits per heavy atom. The fourth-order valence-electron chi connectivity index (χ4n) is 3.02. The lowest BCUT2D eigenvalue weighted by Gasteiger charge is -2.19. The number of pyridine rings is 1. The molecule has 0 unspecified atom stereocenters. The summed E-state index contributed by atoms with van der Waals surface area (Å²) in [5.74, 6) is 1.79. The first-order chi connectivity index (χ1) is 11.9. The van der Waals surface area contributed by atoms with Crippen molar-refractivity contribution >= 4 is 0 Å². The van der Waals surface area contributed by atoms with Gasteiger partial charge in [-0.15, -0.1) is 0 Å². The van der Waals surface area contributed by atoms with Gasteiger partial charge in [0.05, 0.1) is 0 Å². The third-order valence-electron chi connectivity index (χ3n) is 4.60. The van der Waals surface area contributed by atoms with Crippen molar-refractivity contribution in [1.82, 2.24) is 19.9 Å². The summed E-state index contributed by atoms with van der Waals surface area (Å²) < 4.78 is 1.91. The summed E-state index contributed by atoms with van der Waals surface area (Å²) in [6.07, 6.45) is 11.4. The van der Waals surface area contributed by atoms with Crippen LogP contribution in [0.15, 0.2) is 67.4 Å². The Bertz CT molecular complexity index is 746. The Balaban J connectivity index is 1.42. The highest BCUT2D eigenvalue weighted by Crippen LogP contribution is 2.37. The van der Waals surface area contributed by atoms with Gasteiger partial charge in [-0.1, -0.05) is 49.2 Å².